The quantitative estimate of drug-likeness (QED) is 0.710. The van der Waals surface area contributed by atoms with Gasteiger partial charge in [-0.2, -0.15) is 4.31 Å². The van der Waals surface area contributed by atoms with Crippen molar-refractivity contribution in [3.05, 3.63) is 65.7 Å². The number of nitrogens with one attached hydrogen (secondary N) is 1. The number of rotatable bonds is 8. The van der Waals surface area contributed by atoms with Gasteiger partial charge in [0.2, 0.25) is 21.8 Å². The Labute approximate surface area is 152 Å². The molecule has 2 aromatic rings. The van der Waals surface area contributed by atoms with Crippen LogP contribution >= 0.6 is 0 Å². The molecule has 0 aliphatic carbocycles. The highest BCUT2D eigenvalue weighted by Gasteiger charge is 2.22. The molecule has 2 rings (SSSR count). The molecule has 0 aromatic heterocycles. The van der Waals surface area contributed by atoms with E-state index >= 15 is 0 Å². The van der Waals surface area contributed by atoms with Crippen molar-refractivity contribution in [1.82, 2.24) is 9.62 Å². The number of amides is 2. The normalized spacial score (nSPS) is 11.3. The number of likely N-dealkylation sites (N-methyl/N-ethyl adjacent to an activating group) is 1. The minimum absolute atomic E-state index is 0.138. The van der Waals surface area contributed by atoms with Gasteiger partial charge in [0.1, 0.15) is 0 Å². The topological polar surface area (TPSA) is 110 Å². The summed E-state index contributed by atoms with van der Waals surface area (Å²) in [5, 5.41) is 2.67. The lowest BCUT2D eigenvalue weighted by Crippen LogP contribution is -2.39. The van der Waals surface area contributed by atoms with Crippen LogP contribution in [0.1, 0.15) is 15.9 Å². The largest absolute Gasteiger partial charge is 0.366 e. The molecule has 138 valence electrons. The molecule has 2 aromatic carbocycles. The van der Waals surface area contributed by atoms with Crippen molar-refractivity contribution in [3.8, 4) is 0 Å². The fourth-order valence-corrected chi connectivity index (χ4v) is 3.49. The van der Waals surface area contributed by atoms with Gasteiger partial charge in [0.25, 0.3) is 0 Å². The minimum Gasteiger partial charge on any atom is -0.366 e. The number of benzene rings is 2. The van der Waals surface area contributed by atoms with E-state index in [-0.39, 0.29) is 11.4 Å². The van der Waals surface area contributed by atoms with Crippen molar-refractivity contribution < 1.29 is 18.0 Å². The standard InChI is InChI=1S/C18H21N3O4S/c1-21(26(24,25)16-8-3-2-4-9-16)13-17(22)20-11-10-14-6-5-7-15(12-14)18(19)23/h2-9,12H,10-11,13H2,1H3,(H2,19,23)(H,20,22). The van der Waals surface area contributed by atoms with E-state index in [0.717, 1.165) is 9.87 Å². The summed E-state index contributed by atoms with van der Waals surface area (Å²) in [5.41, 5.74) is 6.49. The van der Waals surface area contributed by atoms with Crippen LogP contribution in [0.4, 0.5) is 0 Å². The molecule has 3 N–H and O–H groups in total. The summed E-state index contributed by atoms with van der Waals surface area (Å²) < 4.78 is 25.7. The third-order valence-corrected chi connectivity index (χ3v) is 5.58. The van der Waals surface area contributed by atoms with Gasteiger partial charge in [0.15, 0.2) is 0 Å². The van der Waals surface area contributed by atoms with E-state index in [0.29, 0.717) is 18.5 Å². The van der Waals surface area contributed by atoms with Gasteiger partial charge in [0.05, 0.1) is 11.4 Å². The average Bonchev–Trinajstić information content (AvgIpc) is 2.62. The zero-order valence-electron chi connectivity index (χ0n) is 14.4. The Kier molecular flexibility index (Phi) is 6.48. The van der Waals surface area contributed by atoms with Crippen LogP contribution in [0.25, 0.3) is 0 Å². The summed E-state index contributed by atoms with van der Waals surface area (Å²) in [6.07, 6.45) is 0.502. The highest BCUT2D eigenvalue weighted by atomic mass is 32.2. The van der Waals surface area contributed by atoms with Crippen LogP contribution in [0.2, 0.25) is 0 Å². The lowest BCUT2D eigenvalue weighted by atomic mass is 10.1. The first-order valence-corrected chi connectivity index (χ1v) is 9.41. The SMILES string of the molecule is CN(CC(=O)NCCc1cccc(C(N)=O)c1)S(=O)(=O)c1ccccc1. The molecule has 7 nitrogen and oxygen atoms in total. The molecule has 0 fully saturated rings. The number of carbonyl (C=O) groups is 2. The highest BCUT2D eigenvalue weighted by Crippen LogP contribution is 2.12. The second kappa shape index (κ2) is 8.59. The Morgan fingerprint density at radius 3 is 2.42 bits per heavy atom. The first-order valence-electron chi connectivity index (χ1n) is 7.97. The van der Waals surface area contributed by atoms with Crippen LogP contribution in [-0.2, 0) is 21.2 Å². The van der Waals surface area contributed by atoms with Gasteiger partial charge in [-0.15, -0.1) is 0 Å². The summed E-state index contributed by atoms with van der Waals surface area (Å²) in [6, 6.07) is 14.8. The van der Waals surface area contributed by atoms with Gasteiger partial charge >= 0.3 is 0 Å². The first-order chi connectivity index (χ1) is 12.3. The van der Waals surface area contributed by atoms with Gasteiger partial charge in [-0.3, -0.25) is 9.59 Å². The molecule has 26 heavy (non-hydrogen) atoms. The molecule has 0 unspecified atom stereocenters. The van der Waals surface area contributed by atoms with Crippen molar-refractivity contribution in [2.24, 2.45) is 5.73 Å². The average molecular weight is 375 g/mol. The Morgan fingerprint density at radius 2 is 1.77 bits per heavy atom. The molecule has 0 aliphatic heterocycles. The van der Waals surface area contributed by atoms with E-state index < -0.39 is 21.8 Å². The summed E-state index contributed by atoms with van der Waals surface area (Å²) >= 11 is 0. The third kappa shape index (κ3) is 5.14. The van der Waals surface area contributed by atoms with Gasteiger partial charge in [-0.1, -0.05) is 30.3 Å². The maximum Gasteiger partial charge on any atom is 0.248 e. The van der Waals surface area contributed by atoms with Crippen LogP contribution < -0.4 is 11.1 Å². The second-order valence-corrected chi connectivity index (χ2v) is 7.78. The minimum atomic E-state index is -3.71. The van der Waals surface area contributed by atoms with Gasteiger partial charge in [-0.25, -0.2) is 8.42 Å². The smallest absolute Gasteiger partial charge is 0.248 e. The molecule has 0 heterocycles. The molecule has 0 aliphatic rings. The summed E-state index contributed by atoms with van der Waals surface area (Å²) in [5.74, 6) is -0.915. The number of sulfonamides is 1. The number of hydrogen-bond donors (Lipinski definition) is 2. The Balaban J connectivity index is 1.87. The monoisotopic (exact) mass is 375 g/mol. The second-order valence-electron chi connectivity index (χ2n) is 5.74. The zero-order valence-corrected chi connectivity index (χ0v) is 15.2. The Bertz CT molecular complexity index is 882. The maximum absolute atomic E-state index is 12.4. The molecule has 2 amide bonds. The first kappa shape index (κ1) is 19.6. The number of hydrogen-bond acceptors (Lipinski definition) is 4. The number of nitrogens with two attached hydrogens (primary N) is 1. The Hall–Kier alpha value is -2.71. The van der Waals surface area contributed by atoms with Crippen molar-refractivity contribution in [1.29, 1.82) is 0 Å². The maximum atomic E-state index is 12.4. The molecular weight excluding hydrogens is 354 g/mol. The van der Waals surface area contributed by atoms with Crippen molar-refractivity contribution in [2.75, 3.05) is 20.1 Å². The molecular formula is C18H21N3O4S. The molecule has 0 bridgehead atoms. The summed E-state index contributed by atoms with van der Waals surface area (Å²) in [7, 11) is -2.35. The van der Waals surface area contributed by atoms with E-state index in [1.807, 2.05) is 6.07 Å². The van der Waals surface area contributed by atoms with Gasteiger partial charge in [-0.05, 0) is 36.2 Å². The van der Waals surface area contributed by atoms with Gasteiger partial charge < -0.3 is 11.1 Å². The van der Waals surface area contributed by atoms with Crippen molar-refractivity contribution >= 4 is 21.8 Å². The van der Waals surface area contributed by atoms with Crippen LogP contribution in [0.15, 0.2) is 59.5 Å². The predicted octanol–water partition coefficient (Wildman–Crippen LogP) is 0.765. The molecule has 0 spiro atoms. The molecule has 0 radical (unpaired) electrons. The fraction of sp³-hybridized carbons (Fsp3) is 0.222. The number of nitrogens with zero attached hydrogens (tertiary/aromatic N) is 1. The van der Waals surface area contributed by atoms with Crippen molar-refractivity contribution in [2.45, 2.75) is 11.3 Å². The van der Waals surface area contributed by atoms with E-state index in [2.05, 4.69) is 5.32 Å². The van der Waals surface area contributed by atoms with E-state index in [1.165, 1.54) is 19.2 Å². The van der Waals surface area contributed by atoms with E-state index in [4.69, 9.17) is 5.73 Å². The van der Waals surface area contributed by atoms with Crippen LogP contribution in [0.3, 0.4) is 0 Å². The predicted molar refractivity (Wildman–Crippen MR) is 97.9 cm³/mol. The zero-order chi connectivity index (χ0) is 19.2. The number of primary amides is 1. The van der Waals surface area contributed by atoms with Crippen LogP contribution in [0.5, 0.6) is 0 Å². The molecule has 0 saturated carbocycles. The van der Waals surface area contributed by atoms with Gasteiger partial charge in [0, 0.05) is 19.2 Å². The summed E-state index contributed by atoms with van der Waals surface area (Å²) in [6.45, 7) is 0.0405. The fourth-order valence-electron chi connectivity index (χ4n) is 2.34. The van der Waals surface area contributed by atoms with E-state index in [9.17, 15) is 18.0 Å². The highest BCUT2D eigenvalue weighted by molar-refractivity contribution is 7.89. The lowest BCUT2D eigenvalue weighted by Gasteiger charge is -2.16. The lowest BCUT2D eigenvalue weighted by molar-refractivity contribution is -0.121. The molecule has 8 heteroatoms. The molecule has 0 saturated heterocycles. The third-order valence-electron chi connectivity index (χ3n) is 3.76. The van der Waals surface area contributed by atoms with Crippen LogP contribution in [0, 0.1) is 0 Å². The van der Waals surface area contributed by atoms with E-state index in [1.54, 1.807) is 36.4 Å². The van der Waals surface area contributed by atoms with Crippen LogP contribution in [-0.4, -0.2) is 44.7 Å². The van der Waals surface area contributed by atoms with Crippen molar-refractivity contribution in [3.63, 3.8) is 0 Å². The summed E-state index contributed by atoms with van der Waals surface area (Å²) in [4.78, 5) is 23.3. The molecule has 0 atom stereocenters. The number of carbonyl (C=O) groups excluding carboxylic acids is 2. The Morgan fingerprint density at radius 1 is 1.08 bits per heavy atom.